The Kier molecular flexibility index (Phi) is 6.09. The minimum atomic E-state index is -0.0137. The summed E-state index contributed by atoms with van der Waals surface area (Å²) in [5.41, 5.74) is 2.03. The average molecular weight is 342 g/mol. The summed E-state index contributed by atoms with van der Waals surface area (Å²) in [6, 6.07) is 0.635. The van der Waals surface area contributed by atoms with Crippen LogP contribution in [0.3, 0.4) is 0 Å². The number of hydrogen-bond acceptors (Lipinski definition) is 4. The molecule has 1 aliphatic carbocycles. The Balaban J connectivity index is 0.00000192. The molecule has 1 saturated heterocycles. The molecule has 6 heteroatoms. The Morgan fingerprint density at radius 2 is 2.13 bits per heavy atom. The van der Waals surface area contributed by atoms with E-state index < -0.39 is 0 Å². The number of aryl methyl sites for hydroxylation is 2. The van der Waals surface area contributed by atoms with Crippen LogP contribution < -0.4 is 10.6 Å². The van der Waals surface area contributed by atoms with Crippen LogP contribution in [0.15, 0.2) is 4.52 Å². The molecule has 1 aromatic rings. The summed E-state index contributed by atoms with van der Waals surface area (Å²) in [5.74, 6) is 1.69. The second kappa shape index (κ2) is 7.67. The van der Waals surface area contributed by atoms with E-state index in [0.717, 1.165) is 29.9 Å². The zero-order valence-electron chi connectivity index (χ0n) is 14.2. The lowest BCUT2D eigenvalue weighted by Gasteiger charge is -2.24. The second-order valence-corrected chi connectivity index (χ2v) is 7.02. The number of rotatable bonds is 4. The van der Waals surface area contributed by atoms with Crippen molar-refractivity contribution in [1.29, 1.82) is 0 Å². The molecule has 0 spiro atoms. The molecule has 23 heavy (non-hydrogen) atoms. The maximum atomic E-state index is 12.5. The molecular weight excluding hydrogens is 314 g/mol. The van der Waals surface area contributed by atoms with Crippen LogP contribution in [0, 0.1) is 19.8 Å². The molecule has 0 aromatic carbocycles. The van der Waals surface area contributed by atoms with E-state index in [1.54, 1.807) is 0 Å². The third-order valence-electron chi connectivity index (χ3n) is 5.26. The number of amides is 1. The number of nitrogens with zero attached hydrogens (tertiary/aromatic N) is 1. The highest BCUT2D eigenvalue weighted by molar-refractivity contribution is 5.85. The van der Waals surface area contributed by atoms with Gasteiger partial charge >= 0.3 is 0 Å². The van der Waals surface area contributed by atoms with E-state index in [1.807, 2.05) is 20.8 Å². The molecule has 0 bridgehead atoms. The maximum Gasteiger partial charge on any atom is 0.237 e. The Labute approximate surface area is 144 Å². The molecule has 2 N–H and O–H groups in total. The molecule has 1 aliphatic heterocycles. The quantitative estimate of drug-likeness (QED) is 0.883. The maximum absolute atomic E-state index is 12.5. The van der Waals surface area contributed by atoms with Crippen LogP contribution in [-0.2, 0) is 11.2 Å². The Bertz CT molecular complexity index is 512. The molecule has 1 saturated carbocycles. The minimum Gasteiger partial charge on any atom is -0.361 e. The van der Waals surface area contributed by atoms with Gasteiger partial charge in [-0.3, -0.25) is 4.79 Å². The van der Waals surface area contributed by atoms with Gasteiger partial charge < -0.3 is 15.2 Å². The summed E-state index contributed by atoms with van der Waals surface area (Å²) in [5, 5.41) is 10.7. The first kappa shape index (κ1) is 18.3. The van der Waals surface area contributed by atoms with Crippen LogP contribution in [0.25, 0.3) is 0 Å². The molecule has 4 unspecified atom stereocenters. The standard InChI is InChI=1S/C17H27N3O2.ClH/c1-10(8-14-11(2)20-22-12(14)3)18-17(21)16-9-13-6-4-5-7-15(13)19-16;/h10,13,15-16,19H,4-9H2,1-3H3,(H,18,21);1H. The van der Waals surface area contributed by atoms with Gasteiger partial charge in [0.05, 0.1) is 11.7 Å². The van der Waals surface area contributed by atoms with Crippen molar-refractivity contribution in [3.05, 3.63) is 17.0 Å². The van der Waals surface area contributed by atoms with Crippen molar-refractivity contribution in [3.63, 3.8) is 0 Å². The van der Waals surface area contributed by atoms with E-state index >= 15 is 0 Å². The van der Waals surface area contributed by atoms with E-state index in [2.05, 4.69) is 15.8 Å². The molecule has 5 nitrogen and oxygen atoms in total. The average Bonchev–Trinajstić information content (AvgIpc) is 3.05. The molecule has 1 amide bonds. The summed E-state index contributed by atoms with van der Waals surface area (Å²) in [6.45, 7) is 5.92. The molecule has 0 radical (unpaired) electrons. The minimum absolute atomic E-state index is 0. The Hall–Kier alpha value is -1.07. The first-order chi connectivity index (χ1) is 10.5. The van der Waals surface area contributed by atoms with Gasteiger partial charge in [0.25, 0.3) is 0 Å². The molecule has 2 fully saturated rings. The lowest BCUT2D eigenvalue weighted by atomic mass is 9.85. The smallest absolute Gasteiger partial charge is 0.237 e. The normalized spacial score (nSPS) is 27.9. The molecule has 2 heterocycles. The fraction of sp³-hybridized carbons (Fsp3) is 0.765. The van der Waals surface area contributed by atoms with E-state index in [-0.39, 0.29) is 30.4 Å². The van der Waals surface area contributed by atoms with Gasteiger partial charge in [-0.05, 0) is 52.4 Å². The highest BCUT2D eigenvalue weighted by atomic mass is 35.5. The largest absolute Gasteiger partial charge is 0.361 e. The third kappa shape index (κ3) is 4.07. The van der Waals surface area contributed by atoms with Crippen LogP contribution >= 0.6 is 12.4 Å². The van der Waals surface area contributed by atoms with Crippen LogP contribution in [0.4, 0.5) is 0 Å². The van der Waals surface area contributed by atoms with Crippen molar-refractivity contribution in [1.82, 2.24) is 15.8 Å². The van der Waals surface area contributed by atoms with Crippen molar-refractivity contribution < 1.29 is 9.32 Å². The van der Waals surface area contributed by atoms with E-state index in [0.29, 0.717) is 12.0 Å². The number of halogens is 1. The number of hydrogen-bond donors (Lipinski definition) is 2. The number of carbonyl (C=O) groups excluding carboxylic acids is 1. The first-order valence-corrected chi connectivity index (χ1v) is 8.52. The first-order valence-electron chi connectivity index (χ1n) is 8.52. The van der Waals surface area contributed by atoms with E-state index in [9.17, 15) is 4.79 Å². The van der Waals surface area contributed by atoms with E-state index in [1.165, 1.54) is 25.7 Å². The Morgan fingerprint density at radius 3 is 2.78 bits per heavy atom. The van der Waals surface area contributed by atoms with Gasteiger partial charge in [0.1, 0.15) is 5.76 Å². The highest BCUT2D eigenvalue weighted by Gasteiger charge is 2.38. The SMILES string of the molecule is Cc1noc(C)c1CC(C)NC(=O)C1CC2CCCCC2N1.Cl. The predicted molar refractivity (Wildman–Crippen MR) is 91.8 cm³/mol. The van der Waals surface area contributed by atoms with Gasteiger partial charge in [-0.1, -0.05) is 18.0 Å². The highest BCUT2D eigenvalue weighted by Crippen LogP contribution is 2.33. The van der Waals surface area contributed by atoms with Crippen molar-refractivity contribution in [3.8, 4) is 0 Å². The number of fused-ring (bicyclic) bond motifs is 1. The Morgan fingerprint density at radius 1 is 1.39 bits per heavy atom. The topological polar surface area (TPSA) is 67.2 Å². The molecule has 4 atom stereocenters. The molecule has 1 aromatic heterocycles. The third-order valence-corrected chi connectivity index (χ3v) is 5.26. The lowest BCUT2D eigenvalue weighted by Crippen LogP contribution is -2.46. The van der Waals surface area contributed by atoms with Gasteiger partial charge in [0.2, 0.25) is 5.91 Å². The fourth-order valence-corrected chi connectivity index (χ4v) is 4.02. The van der Waals surface area contributed by atoms with Crippen LogP contribution in [0.5, 0.6) is 0 Å². The van der Waals surface area contributed by atoms with Gasteiger partial charge in [-0.15, -0.1) is 12.4 Å². The number of carbonyl (C=O) groups is 1. The summed E-state index contributed by atoms with van der Waals surface area (Å²) < 4.78 is 5.19. The molecule has 2 aliphatic rings. The van der Waals surface area contributed by atoms with Crippen LogP contribution in [0.2, 0.25) is 0 Å². The van der Waals surface area contributed by atoms with Crippen molar-refractivity contribution in [2.75, 3.05) is 0 Å². The lowest BCUT2D eigenvalue weighted by molar-refractivity contribution is -0.123. The zero-order valence-corrected chi connectivity index (χ0v) is 15.0. The molecule has 3 rings (SSSR count). The summed E-state index contributed by atoms with van der Waals surface area (Å²) in [6.07, 6.45) is 6.88. The van der Waals surface area contributed by atoms with Gasteiger partial charge in [-0.25, -0.2) is 0 Å². The summed E-state index contributed by atoms with van der Waals surface area (Å²) in [4.78, 5) is 12.5. The molecular formula is C17H28ClN3O2. The monoisotopic (exact) mass is 341 g/mol. The van der Waals surface area contributed by atoms with Gasteiger partial charge in [0.15, 0.2) is 0 Å². The number of nitrogens with one attached hydrogen (secondary N) is 2. The van der Waals surface area contributed by atoms with Crippen LogP contribution in [0.1, 0.15) is 56.0 Å². The summed E-state index contributed by atoms with van der Waals surface area (Å²) in [7, 11) is 0. The van der Waals surface area contributed by atoms with Crippen LogP contribution in [-0.4, -0.2) is 29.2 Å². The number of aromatic nitrogens is 1. The van der Waals surface area contributed by atoms with E-state index in [4.69, 9.17) is 4.52 Å². The predicted octanol–water partition coefficient (Wildman–Crippen LogP) is 2.68. The van der Waals surface area contributed by atoms with Gasteiger partial charge in [0, 0.05) is 17.6 Å². The fourth-order valence-electron chi connectivity index (χ4n) is 4.02. The van der Waals surface area contributed by atoms with Crippen molar-refractivity contribution in [2.24, 2.45) is 5.92 Å². The van der Waals surface area contributed by atoms with Crippen molar-refractivity contribution in [2.45, 2.75) is 77.4 Å². The molecule has 130 valence electrons. The summed E-state index contributed by atoms with van der Waals surface area (Å²) >= 11 is 0. The van der Waals surface area contributed by atoms with Crippen molar-refractivity contribution >= 4 is 18.3 Å². The van der Waals surface area contributed by atoms with Gasteiger partial charge in [-0.2, -0.15) is 0 Å². The zero-order chi connectivity index (χ0) is 15.7. The second-order valence-electron chi connectivity index (χ2n) is 7.02.